The second-order valence-electron chi connectivity index (χ2n) is 4.46. The van der Waals surface area contributed by atoms with Gasteiger partial charge in [-0.3, -0.25) is 0 Å². The Morgan fingerprint density at radius 3 is 2.56 bits per heavy atom. The van der Waals surface area contributed by atoms with Crippen LogP contribution in [0.4, 0.5) is 0 Å². The number of likely N-dealkylation sites (tertiary alicyclic amines) is 1. The van der Waals surface area contributed by atoms with Gasteiger partial charge in [-0.1, -0.05) is 12.1 Å². The molecular weight excluding hydrogens is 200 g/mol. The minimum absolute atomic E-state index is 0.732. The zero-order valence-corrected chi connectivity index (χ0v) is 9.86. The van der Waals surface area contributed by atoms with Gasteiger partial charge in [-0.05, 0) is 36.6 Å². The molecule has 1 aliphatic heterocycles. The van der Waals surface area contributed by atoms with Crippen LogP contribution in [0.2, 0.25) is 0 Å². The molecule has 0 bridgehead atoms. The Bertz CT molecular complexity index is 317. The summed E-state index contributed by atoms with van der Waals surface area (Å²) in [5, 5.41) is 0. The Morgan fingerprint density at radius 2 is 2.00 bits per heavy atom. The molecule has 0 saturated carbocycles. The van der Waals surface area contributed by atoms with Crippen molar-refractivity contribution in [2.75, 3.05) is 33.3 Å². The molecule has 0 unspecified atom stereocenters. The van der Waals surface area contributed by atoms with Crippen LogP contribution < -0.4 is 10.5 Å². The van der Waals surface area contributed by atoms with E-state index in [0.29, 0.717) is 0 Å². The molecule has 1 aromatic rings. The van der Waals surface area contributed by atoms with E-state index in [0.717, 1.165) is 31.2 Å². The van der Waals surface area contributed by atoms with Gasteiger partial charge in [-0.2, -0.15) is 0 Å². The van der Waals surface area contributed by atoms with E-state index in [2.05, 4.69) is 17.0 Å². The molecule has 1 aromatic carbocycles. The zero-order valence-electron chi connectivity index (χ0n) is 9.86. The molecule has 0 radical (unpaired) electrons. The van der Waals surface area contributed by atoms with Gasteiger partial charge in [0.25, 0.3) is 0 Å². The molecule has 2 N–H and O–H groups in total. The van der Waals surface area contributed by atoms with Crippen LogP contribution in [-0.4, -0.2) is 38.2 Å². The number of nitrogens with two attached hydrogens (primary N) is 1. The van der Waals surface area contributed by atoms with Crippen molar-refractivity contribution in [1.82, 2.24) is 4.90 Å². The lowest BCUT2D eigenvalue weighted by Gasteiger charge is -2.38. The Labute approximate surface area is 97.2 Å². The minimum atomic E-state index is 0.732. The number of methoxy groups -OCH3 is 1. The van der Waals surface area contributed by atoms with Crippen LogP contribution in [-0.2, 0) is 6.42 Å². The number of benzene rings is 1. The lowest BCUT2D eigenvalue weighted by molar-refractivity contribution is 0.108. The van der Waals surface area contributed by atoms with Crippen LogP contribution in [0, 0.1) is 5.92 Å². The third-order valence-corrected chi connectivity index (χ3v) is 3.24. The summed E-state index contributed by atoms with van der Waals surface area (Å²) in [6.07, 6.45) is 1.11. The van der Waals surface area contributed by atoms with Gasteiger partial charge in [0.15, 0.2) is 0 Å². The molecule has 2 rings (SSSR count). The molecule has 0 spiro atoms. The van der Waals surface area contributed by atoms with Gasteiger partial charge in [0, 0.05) is 19.6 Å². The normalized spacial score (nSPS) is 17.1. The number of ether oxygens (including phenoxy) is 1. The summed E-state index contributed by atoms with van der Waals surface area (Å²) in [5.74, 6) is 1.66. The SMILES string of the molecule is COc1ccc(CCN2CC(CN)C2)cc1. The summed E-state index contributed by atoms with van der Waals surface area (Å²) in [5.41, 5.74) is 6.97. The maximum Gasteiger partial charge on any atom is 0.118 e. The van der Waals surface area contributed by atoms with Crippen molar-refractivity contribution in [3.05, 3.63) is 29.8 Å². The molecule has 16 heavy (non-hydrogen) atoms. The highest BCUT2D eigenvalue weighted by Gasteiger charge is 2.24. The maximum absolute atomic E-state index is 5.59. The molecule has 3 nitrogen and oxygen atoms in total. The molecular formula is C13H20N2O. The molecule has 1 heterocycles. The van der Waals surface area contributed by atoms with E-state index in [-0.39, 0.29) is 0 Å². The quantitative estimate of drug-likeness (QED) is 0.808. The first-order valence-electron chi connectivity index (χ1n) is 5.87. The van der Waals surface area contributed by atoms with Crippen LogP contribution in [0.1, 0.15) is 5.56 Å². The first-order valence-corrected chi connectivity index (χ1v) is 5.87. The summed E-state index contributed by atoms with van der Waals surface area (Å²) in [6.45, 7) is 4.32. The van der Waals surface area contributed by atoms with Crippen molar-refractivity contribution < 1.29 is 4.74 Å². The average Bonchev–Trinajstić information content (AvgIpc) is 2.28. The van der Waals surface area contributed by atoms with Crippen molar-refractivity contribution in [3.8, 4) is 5.75 Å². The Hall–Kier alpha value is -1.06. The first-order chi connectivity index (χ1) is 7.81. The van der Waals surface area contributed by atoms with Gasteiger partial charge in [0.1, 0.15) is 5.75 Å². The van der Waals surface area contributed by atoms with Crippen LogP contribution in [0.3, 0.4) is 0 Å². The van der Waals surface area contributed by atoms with Gasteiger partial charge in [0.05, 0.1) is 7.11 Å². The fourth-order valence-corrected chi connectivity index (χ4v) is 2.09. The molecule has 1 aliphatic rings. The summed E-state index contributed by atoms with van der Waals surface area (Å²) in [6, 6.07) is 8.32. The third-order valence-electron chi connectivity index (χ3n) is 3.24. The van der Waals surface area contributed by atoms with Gasteiger partial charge >= 0.3 is 0 Å². The molecule has 0 aromatic heterocycles. The summed E-state index contributed by atoms with van der Waals surface area (Å²) in [7, 11) is 1.70. The van der Waals surface area contributed by atoms with Gasteiger partial charge < -0.3 is 15.4 Å². The molecule has 3 heteroatoms. The Balaban J connectivity index is 1.73. The minimum Gasteiger partial charge on any atom is -0.497 e. The van der Waals surface area contributed by atoms with Crippen LogP contribution >= 0.6 is 0 Å². The highest BCUT2D eigenvalue weighted by Crippen LogP contribution is 2.16. The fraction of sp³-hybridized carbons (Fsp3) is 0.538. The second kappa shape index (κ2) is 5.32. The van der Waals surface area contributed by atoms with Gasteiger partial charge in [-0.25, -0.2) is 0 Å². The summed E-state index contributed by atoms with van der Waals surface area (Å²) in [4.78, 5) is 2.46. The lowest BCUT2D eigenvalue weighted by Crippen LogP contribution is -2.50. The predicted molar refractivity (Wildman–Crippen MR) is 65.7 cm³/mol. The molecule has 1 fully saturated rings. The Kier molecular flexibility index (Phi) is 3.80. The molecule has 0 atom stereocenters. The average molecular weight is 220 g/mol. The number of hydrogen-bond donors (Lipinski definition) is 1. The van der Waals surface area contributed by atoms with Crippen molar-refractivity contribution in [2.45, 2.75) is 6.42 Å². The highest BCUT2D eigenvalue weighted by atomic mass is 16.5. The fourth-order valence-electron chi connectivity index (χ4n) is 2.09. The largest absolute Gasteiger partial charge is 0.497 e. The maximum atomic E-state index is 5.59. The van der Waals surface area contributed by atoms with E-state index in [9.17, 15) is 0 Å². The highest BCUT2D eigenvalue weighted by molar-refractivity contribution is 5.27. The van der Waals surface area contributed by atoms with Gasteiger partial charge in [0.2, 0.25) is 0 Å². The molecule has 1 saturated heterocycles. The van der Waals surface area contributed by atoms with E-state index < -0.39 is 0 Å². The van der Waals surface area contributed by atoms with Crippen LogP contribution in [0.25, 0.3) is 0 Å². The summed E-state index contributed by atoms with van der Waals surface area (Å²) < 4.78 is 5.13. The van der Waals surface area contributed by atoms with Crippen molar-refractivity contribution in [3.63, 3.8) is 0 Å². The smallest absolute Gasteiger partial charge is 0.118 e. The topological polar surface area (TPSA) is 38.5 Å². The zero-order chi connectivity index (χ0) is 11.4. The van der Waals surface area contributed by atoms with E-state index >= 15 is 0 Å². The van der Waals surface area contributed by atoms with Crippen molar-refractivity contribution >= 4 is 0 Å². The summed E-state index contributed by atoms with van der Waals surface area (Å²) >= 11 is 0. The second-order valence-corrected chi connectivity index (χ2v) is 4.46. The first kappa shape index (κ1) is 11.4. The monoisotopic (exact) mass is 220 g/mol. The van der Waals surface area contributed by atoms with E-state index in [4.69, 9.17) is 10.5 Å². The Morgan fingerprint density at radius 1 is 1.31 bits per heavy atom. The van der Waals surface area contributed by atoms with E-state index in [1.807, 2.05) is 12.1 Å². The van der Waals surface area contributed by atoms with Crippen molar-refractivity contribution in [1.29, 1.82) is 0 Å². The third kappa shape index (κ3) is 2.74. The van der Waals surface area contributed by atoms with Crippen LogP contribution in [0.5, 0.6) is 5.75 Å². The number of rotatable bonds is 5. The van der Waals surface area contributed by atoms with Gasteiger partial charge in [-0.15, -0.1) is 0 Å². The van der Waals surface area contributed by atoms with E-state index in [1.54, 1.807) is 7.11 Å². The van der Waals surface area contributed by atoms with Crippen LogP contribution in [0.15, 0.2) is 24.3 Å². The van der Waals surface area contributed by atoms with Crippen molar-refractivity contribution in [2.24, 2.45) is 11.7 Å². The molecule has 0 amide bonds. The van der Waals surface area contributed by atoms with E-state index in [1.165, 1.54) is 18.7 Å². The number of nitrogens with zero attached hydrogens (tertiary/aromatic N) is 1. The lowest BCUT2D eigenvalue weighted by atomic mass is 10.00. The molecule has 0 aliphatic carbocycles. The number of hydrogen-bond acceptors (Lipinski definition) is 3. The standard InChI is InChI=1S/C13H20N2O/c1-16-13-4-2-11(3-5-13)6-7-15-9-12(8-14)10-15/h2-5,12H,6-10,14H2,1H3. The predicted octanol–water partition coefficient (Wildman–Crippen LogP) is 1.13. The molecule has 88 valence electrons.